The molecule has 0 aliphatic heterocycles. The lowest BCUT2D eigenvalue weighted by molar-refractivity contribution is -0.120. The number of primary amides is 1. The molecule has 2 aromatic rings. The second kappa shape index (κ2) is 6.15. The van der Waals surface area contributed by atoms with E-state index in [2.05, 4.69) is 10.3 Å². The summed E-state index contributed by atoms with van der Waals surface area (Å²) >= 11 is 0. The number of likely N-dealkylation sites (N-methyl/N-ethyl adjacent to an activating group) is 1. The van der Waals surface area contributed by atoms with Crippen molar-refractivity contribution in [1.29, 1.82) is 0 Å². The normalized spacial score (nSPS) is 12.3. The number of fused-ring (bicyclic) bond motifs is 1. The standard InChI is InChI=1S/C14H17N3O2/c1-16-11(14(15)18)7-9-19-12-6-2-4-10-5-3-8-17-13(10)12/h2-6,8,11,16H,7,9H2,1H3,(H2,15,18). The quantitative estimate of drug-likeness (QED) is 0.813. The fourth-order valence-electron chi connectivity index (χ4n) is 1.91. The molecule has 100 valence electrons. The van der Waals surface area contributed by atoms with E-state index in [0.717, 1.165) is 16.7 Å². The van der Waals surface area contributed by atoms with Crippen LogP contribution in [0.5, 0.6) is 5.75 Å². The van der Waals surface area contributed by atoms with Crippen molar-refractivity contribution in [2.24, 2.45) is 5.73 Å². The predicted molar refractivity (Wildman–Crippen MR) is 73.9 cm³/mol. The molecule has 2 rings (SSSR count). The van der Waals surface area contributed by atoms with Crippen LogP contribution in [0.2, 0.25) is 0 Å². The average Bonchev–Trinajstić information content (AvgIpc) is 2.43. The third-order valence-corrected chi connectivity index (χ3v) is 2.95. The Labute approximate surface area is 111 Å². The number of para-hydroxylation sites is 1. The van der Waals surface area contributed by atoms with E-state index >= 15 is 0 Å². The first-order valence-corrected chi connectivity index (χ1v) is 6.15. The van der Waals surface area contributed by atoms with Gasteiger partial charge in [-0.2, -0.15) is 0 Å². The number of benzene rings is 1. The van der Waals surface area contributed by atoms with Crippen LogP contribution in [0.15, 0.2) is 36.5 Å². The number of nitrogens with one attached hydrogen (secondary N) is 1. The Balaban J connectivity index is 2.04. The highest BCUT2D eigenvalue weighted by molar-refractivity contribution is 5.84. The van der Waals surface area contributed by atoms with Crippen LogP contribution in [0, 0.1) is 0 Å². The number of hydrogen-bond acceptors (Lipinski definition) is 4. The highest BCUT2D eigenvalue weighted by Gasteiger charge is 2.12. The van der Waals surface area contributed by atoms with Gasteiger partial charge in [-0.1, -0.05) is 18.2 Å². The molecule has 19 heavy (non-hydrogen) atoms. The maximum absolute atomic E-state index is 11.1. The lowest BCUT2D eigenvalue weighted by atomic mass is 10.2. The van der Waals surface area contributed by atoms with Crippen LogP contribution in [-0.2, 0) is 4.79 Å². The molecule has 1 aromatic carbocycles. The topological polar surface area (TPSA) is 77.2 Å². The van der Waals surface area contributed by atoms with Crippen LogP contribution in [-0.4, -0.2) is 30.6 Å². The summed E-state index contributed by atoms with van der Waals surface area (Å²) in [5, 5.41) is 3.88. The van der Waals surface area contributed by atoms with E-state index in [1.807, 2.05) is 30.3 Å². The molecule has 0 fully saturated rings. The largest absolute Gasteiger partial charge is 0.491 e. The van der Waals surface area contributed by atoms with Crippen LogP contribution in [0.3, 0.4) is 0 Å². The summed E-state index contributed by atoms with van der Waals surface area (Å²) in [6.45, 7) is 0.407. The van der Waals surface area contributed by atoms with Crippen molar-refractivity contribution in [2.75, 3.05) is 13.7 Å². The van der Waals surface area contributed by atoms with Crippen molar-refractivity contribution in [1.82, 2.24) is 10.3 Å². The molecule has 0 aliphatic rings. The van der Waals surface area contributed by atoms with Gasteiger partial charge in [0.25, 0.3) is 0 Å². The zero-order valence-electron chi connectivity index (χ0n) is 10.8. The Hall–Kier alpha value is -2.14. The lowest BCUT2D eigenvalue weighted by Gasteiger charge is -2.13. The minimum atomic E-state index is -0.373. The fraction of sp³-hybridized carbons (Fsp3) is 0.286. The van der Waals surface area contributed by atoms with E-state index in [9.17, 15) is 4.79 Å². The molecular weight excluding hydrogens is 242 g/mol. The summed E-state index contributed by atoms with van der Waals surface area (Å²) in [4.78, 5) is 15.4. The molecule has 1 aromatic heterocycles. The third-order valence-electron chi connectivity index (χ3n) is 2.95. The van der Waals surface area contributed by atoms with E-state index in [1.165, 1.54) is 0 Å². The van der Waals surface area contributed by atoms with Crippen LogP contribution in [0.25, 0.3) is 10.9 Å². The molecule has 1 heterocycles. The number of aromatic nitrogens is 1. The highest BCUT2D eigenvalue weighted by Crippen LogP contribution is 2.22. The molecule has 0 radical (unpaired) electrons. The van der Waals surface area contributed by atoms with E-state index < -0.39 is 0 Å². The van der Waals surface area contributed by atoms with Crippen molar-refractivity contribution < 1.29 is 9.53 Å². The van der Waals surface area contributed by atoms with Gasteiger partial charge in [-0.3, -0.25) is 9.78 Å². The van der Waals surface area contributed by atoms with Gasteiger partial charge in [0.2, 0.25) is 5.91 Å². The molecule has 0 saturated carbocycles. The second-order valence-electron chi connectivity index (χ2n) is 4.21. The van der Waals surface area contributed by atoms with E-state index in [0.29, 0.717) is 13.0 Å². The third kappa shape index (κ3) is 3.20. The van der Waals surface area contributed by atoms with Gasteiger partial charge in [0.05, 0.1) is 12.6 Å². The van der Waals surface area contributed by atoms with E-state index in [4.69, 9.17) is 10.5 Å². The molecule has 0 aliphatic carbocycles. The van der Waals surface area contributed by atoms with Crippen molar-refractivity contribution in [2.45, 2.75) is 12.5 Å². The minimum absolute atomic E-state index is 0.372. The molecule has 0 saturated heterocycles. The zero-order valence-corrected chi connectivity index (χ0v) is 10.8. The van der Waals surface area contributed by atoms with E-state index in [-0.39, 0.29) is 11.9 Å². The average molecular weight is 259 g/mol. The summed E-state index contributed by atoms with van der Waals surface area (Å²) in [6.07, 6.45) is 2.25. The molecule has 1 unspecified atom stereocenters. The maximum Gasteiger partial charge on any atom is 0.234 e. The van der Waals surface area contributed by atoms with Crippen molar-refractivity contribution in [3.05, 3.63) is 36.5 Å². The number of rotatable bonds is 6. The SMILES string of the molecule is CNC(CCOc1cccc2cccnc12)C(N)=O. The molecule has 1 atom stereocenters. The molecular formula is C14H17N3O2. The zero-order chi connectivity index (χ0) is 13.7. The van der Waals surface area contributed by atoms with Gasteiger partial charge in [0.15, 0.2) is 0 Å². The smallest absolute Gasteiger partial charge is 0.234 e. The molecule has 5 heteroatoms. The number of ether oxygens (including phenoxy) is 1. The molecule has 0 spiro atoms. The Kier molecular flexibility index (Phi) is 4.30. The summed E-state index contributed by atoms with van der Waals surface area (Å²) < 4.78 is 5.69. The molecule has 1 amide bonds. The van der Waals surface area contributed by atoms with Crippen molar-refractivity contribution in [3.8, 4) is 5.75 Å². The Bertz CT molecular complexity index is 566. The molecule has 5 nitrogen and oxygen atoms in total. The lowest BCUT2D eigenvalue weighted by Crippen LogP contribution is -2.40. The van der Waals surface area contributed by atoms with Crippen LogP contribution in [0.1, 0.15) is 6.42 Å². The van der Waals surface area contributed by atoms with Gasteiger partial charge < -0.3 is 15.8 Å². The number of hydrogen-bond donors (Lipinski definition) is 2. The van der Waals surface area contributed by atoms with Crippen LogP contribution in [0.4, 0.5) is 0 Å². The second-order valence-corrected chi connectivity index (χ2v) is 4.21. The number of carbonyl (C=O) groups is 1. The van der Waals surface area contributed by atoms with Gasteiger partial charge in [0, 0.05) is 18.0 Å². The van der Waals surface area contributed by atoms with Crippen LogP contribution < -0.4 is 15.8 Å². The van der Waals surface area contributed by atoms with Gasteiger partial charge in [-0.25, -0.2) is 0 Å². The van der Waals surface area contributed by atoms with Gasteiger partial charge >= 0.3 is 0 Å². The summed E-state index contributed by atoms with van der Waals surface area (Å²) in [5.41, 5.74) is 6.07. The fourth-order valence-corrected chi connectivity index (χ4v) is 1.91. The maximum atomic E-state index is 11.1. The number of pyridine rings is 1. The Morgan fingerprint density at radius 1 is 1.42 bits per heavy atom. The van der Waals surface area contributed by atoms with Crippen molar-refractivity contribution >= 4 is 16.8 Å². The number of nitrogens with two attached hydrogens (primary N) is 1. The minimum Gasteiger partial charge on any atom is -0.491 e. The van der Waals surface area contributed by atoms with Gasteiger partial charge in [-0.15, -0.1) is 0 Å². The number of carbonyl (C=O) groups excluding carboxylic acids is 1. The summed E-state index contributed by atoms with van der Waals surface area (Å²) in [6, 6.07) is 9.26. The van der Waals surface area contributed by atoms with E-state index in [1.54, 1.807) is 13.2 Å². The molecule has 0 bridgehead atoms. The monoisotopic (exact) mass is 259 g/mol. The van der Waals surface area contributed by atoms with Crippen molar-refractivity contribution in [3.63, 3.8) is 0 Å². The summed E-state index contributed by atoms with van der Waals surface area (Å²) in [5.74, 6) is 0.347. The summed E-state index contributed by atoms with van der Waals surface area (Å²) in [7, 11) is 1.70. The van der Waals surface area contributed by atoms with Crippen LogP contribution >= 0.6 is 0 Å². The Morgan fingerprint density at radius 3 is 2.95 bits per heavy atom. The number of amides is 1. The first-order chi connectivity index (χ1) is 9.22. The Morgan fingerprint density at radius 2 is 2.21 bits per heavy atom. The van der Waals surface area contributed by atoms with Gasteiger partial charge in [-0.05, 0) is 19.2 Å². The first kappa shape index (κ1) is 13.3. The molecule has 3 N–H and O–H groups in total. The highest BCUT2D eigenvalue weighted by atomic mass is 16.5. The number of nitrogens with zero attached hydrogens (tertiary/aromatic N) is 1. The van der Waals surface area contributed by atoms with Gasteiger partial charge in [0.1, 0.15) is 11.3 Å². The predicted octanol–water partition coefficient (Wildman–Crippen LogP) is 1.08. The first-order valence-electron chi connectivity index (χ1n) is 6.15.